The van der Waals surface area contributed by atoms with Gasteiger partial charge >= 0.3 is 0 Å². The molecule has 128 valence electrons. The second-order valence-electron chi connectivity index (χ2n) is 5.40. The largest absolute Gasteiger partial charge is 0.323 e. The minimum atomic E-state index is -0.582. The Bertz CT molecular complexity index is 735. The van der Waals surface area contributed by atoms with Crippen LogP contribution in [0.2, 0.25) is 10.0 Å². The molecule has 0 saturated heterocycles. The van der Waals surface area contributed by atoms with Crippen molar-refractivity contribution in [3.63, 3.8) is 0 Å². The maximum Gasteiger partial charge on any atom is 0.241 e. The fourth-order valence-corrected chi connectivity index (χ4v) is 2.54. The van der Waals surface area contributed by atoms with E-state index in [4.69, 9.17) is 23.2 Å². The first-order chi connectivity index (χ1) is 11.3. The average molecular weight is 373 g/mol. The lowest BCUT2D eigenvalue weighted by molar-refractivity contribution is -0.120. The molecule has 0 radical (unpaired) electrons. The van der Waals surface area contributed by atoms with E-state index in [2.05, 4.69) is 5.32 Å². The zero-order valence-corrected chi connectivity index (χ0v) is 14.6. The highest BCUT2D eigenvalue weighted by Crippen LogP contribution is 2.24. The normalized spacial score (nSPS) is 12.3. The topological polar surface area (TPSA) is 32.3 Å². The third-order valence-electron chi connectivity index (χ3n) is 3.70. The van der Waals surface area contributed by atoms with Crippen molar-refractivity contribution in [1.82, 2.24) is 4.90 Å². The van der Waals surface area contributed by atoms with Crippen LogP contribution in [-0.2, 0) is 11.3 Å². The highest BCUT2D eigenvalue weighted by atomic mass is 35.5. The van der Waals surface area contributed by atoms with Gasteiger partial charge in [0.25, 0.3) is 0 Å². The van der Waals surface area contributed by atoms with Gasteiger partial charge in [-0.1, -0.05) is 29.3 Å². The van der Waals surface area contributed by atoms with Crippen LogP contribution in [0.25, 0.3) is 0 Å². The van der Waals surface area contributed by atoms with Crippen molar-refractivity contribution in [1.29, 1.82) is 0 Å². The Hall–Kier alpha value is -1.69. The van der Waals surface area contributed by atoms with Crippen molar-refractivity contribution in [3.8, 4) is 0 Å². The van der Waals surface area contributed by atoms with E-state index >= 15 is 0 Å². The smallest absolute Gasteiger partial charge is 0.241 e. The second-order valence-corrected chi connectivity index (χ2v) is 6.22. The van der Waals surface area contributed by atoms with Gasteiger partial charge in [0.2, 0.25) is 5.91 Å². The molecule has 7 heteroatoms. The van der Waals surface area contributed by atoms with Gasteiger partial charge < -0.3 is 5.32 Å². The number of amides is 1. The van der Waals surface area contributed by atoms with Gasteiger partial charge in [-0.25, -0.2) is 8.78 Å². The zero-order chi connectivity index (χ0) is 17.9. The van der Waals surface area contributed by atoms with Crippen LogP contribution in [0.3, 0.4) is 0 Å². The minimum Gasteiger partial charge on any atom is -0.323 e. The molecule has 0 spiro atoms. The fraction of sp³-hybridized carbons (Fsp3) is 0.235. The van der Waals surface area contributed by atoms with Gasteiger partial charge in [-0.3, -0.25) is 9.69 Å². The third-order valence-corrected chi connectivity index (χ3v) is 4.37. The van der Waals surface area contributed by atoms with Crippen LogP contribution < -0.4 is 5.32 Å². The first kappa shape index (κ1) is 18.6. The summed E-state index contributed by atoms with van der Waals surface area (Å²) in [6.45, 7) is 1.83. The molecule has 0 fully saturated rings. The number of hydrogen-bond acceptors (Lipinski definition) is 2. The Morgan fingerprint density at radius 1 is 1.21 bits per heavy atom. The second kappa shape index (κ2) is 7.92. The van der Waals surface area contributed by atoms with Gasteiger partial charge in [-0.2, -0.15) is 0 Å². The molecule has 1 atom stereocenters. The van der Waals surface area contributed by atoms with E-state index < -0.39 is 17.7 Å². The van der Waals surface area contributed by atoms with Gasteiger partial charge in [-0.15, -0.1) is 0 Å². The number of benzene rings is 2. The molecule has 1 amide bonds. The first-order valence-corrected chi connectivity index (χ1v) is 7.94. The average Bonchev–Trinajstić information content (AvgIpc) is 2.52. The molecular weight excluding hydrogens is 357 g/mol. The number of nitrogens with zero attached hydrogens (tertiary/aromatic N) is 1. The molecular formula is C17H16Cl2F2N2O. The van der Waals surface area contributed by atoms with Crippen LogP contribution in [0.5, 0.6) is 0 Å². The van der Waals surface area contributed by atoms with Crippen LogP contribution in [0.1, 0.15) is 12.5 Å². The van der Waals surface area contributed by atoms with Crippen molar-refractivity contribution in [2.75, 3.05) is 12.4 Å². The molecule has 2 aromatic carbocycles. The Labute approximate surface area is 149 Å². The van der Waals surface area contributed by atoms with Crippen LogP contribution in [0, 0.1) is 11.6 Å². The lowest BCUT2D eigenvalue weighted by atomic mass is 10.1. The van der Waals surface area contributed by atoms with Crippen molar-refractivity contribution >= 4 is 34.8 Å². The maximum absolute atomic E-state index is 13.8. The number of hydrogen-bond donors (Lipinski definition) is 1. The van der Waals surface area contributed by atoms with E-state index in [-0.39, 0.29) is 17.5 Å². The molecule has 0 bridgehead atoms. The monoisotopic (exact) mass is 372 g/mol. The number of carbonyl (C=O) groups excluding carboxylic acids is 1. The lowest BCUT2D eigenvalue weighted by Crippen LogP contribution is -2.39. The summed E-state index contributed by atoms with van der Waals surface area (Å²) in [5.74, 6) is -1.26. The number of rotatable bonds is 5. The van der Waals surface area contributed by atoms with E-state index in [0.717, 1.165) is 6.07 Å². The van der Waals surface area contributed by atoms with E-state index in [1.54, 1.807) is 24.9 Å². The molecule has 2 rings (SSSR count). The SMILES string of the molecule is C[C@H](C(=O)Nc1ccc(F)cc1Cl)N(C)Cc1c(F)cccc1Cl. The third kappa shape index (κ3) is 4.44. The van der Waals surface area contributed by atoms with E-state index in [9.17, 15) is 13.6 Å². The molecule has 0 saturated carbocycles. The van der Waals surface area contributed by atoms with E-state index in [1.165, 1.54) is 24.3 Å². The highest BCUT2D eigenvalue weighted by Gasteiger charge is 2.21. The van der Waals surface area contributed by atoms with Gasteiger partial charge in [0.15, 0.2) is 0 Å². The van der Waals surface area contributed by atoms with Gasteiger partial charge in [0, 0.05) is 17.1 Å². The number of nitrogens with one attached hydrogen (secondary N) is 1. The summed E-state index contributed by atoms with van der Waals surface area (Å²) in [5.41, 5.74) is 0.633. The summed E-state index contributed by atoms with van der Waals surface area (Å²) in [4.78, 5) is 14.0. The Balaban J connectivity index is 2.07. The molecule has 0 aliphatic carbocycles. The standard InChI is InChI=1S/C17H16Cl2F2N2O/c1-10(17(24)22-16-7-6-11(20)8-14(16)19)23(2)9-12-13(18)4-3-5-15(12)21/h3-8,10H,9H2,1-2H3,(H,22,24)/t10-/m1/s1. The molecule has 0 unspecified atom stereocenters. The molecule has 0 heterocycles. The van der Waals surface area contributed by atoms with Crippen molar-refractivity contribution in [2.45, 2.75) is 19.5 Å². The highest BCUT2D eigenvalue weighted by molar-refractivity contribution is 6.33. The fourth-order valence-electron chi connectivity index (χ4n) is 2.10. The summed E-state index contributed by atoms with van der Waals surface area (Å²) in [6.07, 6.45) is 0. The van der Waals surface area contributed by atoms with Crippen molar-refractivity contribution in [3.05, 3.63) is 63.6 Å². The predicted octanol–water partition coefficient (Wildman–Crippen LogP) is 4.73. The Morgan fingerprint density at radius 3 is 2.54 bits per heavy atom. The summed E-state index contributed by atoms with van der Waals surface area (Å²) in [5, 5.41) is 3.04. The Kier molecular flexibility index (Phi) is 6.15. The van der Waals surface area contributed by atoms with Crippen LogP contribution in [0.4, 0.5) is 14.5 Å². The number of carbonyl (C=O) groups is 1. The van der Waals surface area contributed by atoms with Crippen LogP contribution >= 0.6 is 23.2 Å². The summed E-state index contributed by atoms with van der Waals surface area (Å²) >= 11 is 11.9. The van der Waals surface area contributed by atoms with Crippen molar-refractivity contribution in [2.24, 2.45) is 0 Å². The number of halogens is 4. The van der Waals surface area contributed by atoms with E-state index in [0.29, 0.717) is 16.3 Å². The Morgan fingerprint density at radius 2 is 1.92 bits per heavy atom. The zero-order valence-electron chi connectivity index (χ0n) is 13.1. The maximum atomic E-state index is 13.8. The molecule has 0 aliphatic heterocycles. The van der Waals surface area contributed by atoms with Gasteiger partial charge in [0.1, 0.15) is 11.6 Å². The molecule has 24 heavy (non-hydrogen) atoms. The molecule has 0 aromatic heterocycles. The predicted molar refractivity (Wildman–Crippen MR) is 92.4 cm³/mol. The van der Waals surface area contributed by atoms with Crippen LogP contribution in [0.15, 0.2) is 36.4 Å². The lowest BCUT2D eigenvalue weighted by Gasteiger charge is -2.24. The summed E-state index contributed by atoms with van der Waals surface area (Å²) < 4.78 is 26.9. The van der Waals surface area contributed by atoms with Gasteiger partial charge in [-0.05, 0) is 44.3 Å². The molecule has 2 aromatic rings. The summed E-state index contributed by atoms with van der Waals surface area (Å²) in [6, 6.07) is 7.56. The van der Waals surface area contributed by atoms with E-state index in [1.807, 2.05) is 0 Å². The summed E-state index contributed by atoms with van der Waals surface area (Å²) in [7, 11) is 1.68. The number of anilines is 1. The molecule has 1 N–H and O–H groups in total. The van der Waals surface area contributed by atoms with Crippen molar-refractivity contribution < 1.29 is 13.6 Å². The molecule has 0 aliphatic rings. The number of likely N-dealkylation sites (N-methyl/N-ethyl adjacent to an activating group) is 1. The van der Waals surface area contributed by atoms with Gasteiger partial charge in [0.05, 0.1) is 16.8 Å². The van der Waals surface area contributed by atoms with Crippen LogP contribution in [-0.4, -0.2) is 23.9 Å². The quantitative estimate of drug-likeness (QED) is 0.822. The molecule has 3 nitrogen and oxygen atoms in total. The minimum absolute atomic E-state index is 0.107. The first-order valence-electron chi connectivity index (χ1n) is 7.18.